The minimum Gasteiger partial charge on any atom is -0.481 e. The van der Waals surface area contributed by atoms with Gasteiger partial charge in [-0.2, -0.15) is 4.80 Å². The van der Waals surface area contributed by atoms with Crippen LogP contribution in [0, 0.1) is 0 Å². The van der Waals surface area contributed by atoms with Crippen LogP contribution >= 0.6 is 23.2 Å². The zero-order chi connectivity index (χ0) is 31.8. The van der Waals surface area contributed by atoms with Crippen LogP contribution < -0.4 is 10.6 Å². The first-order valence-electron chi connectivity index (χ1n) is 13.9. The predicted octanol–water partition coefficient (Wildman–Crippen LogP) is 2.30. The third kappa shape index (κ3) is 8.38. The molecule has 2 unspecified atom stereocenters. The number of ketones is 1. The Bertz CT molecular complexity index is 1510. The molecule has 1 fully saturated rings. The van der Waals surface area contributed by atoms with Crippen LogP contribution in [-0.2, 0) is 32.1 Å². The molecular weight excluding hydrogens is 613 g/mol. The molecule has 44 heavy (non-hydrogen) atoms. The molecule has 15 heteroatoms. The summed E-state index contributed by atoms with van der Waals surface area (Å²) in [5, 5.41) is 27.4. The molecule has 0 saturated carbocycles. The summed E-state index contributed by atoms with van der Waals surface area (Å²) in [6, 6.07) is 10.2. The van der Waals surface area contributed by atoms with E-state index in [4.69, 9.17) is 23.2 Å². The number of rotatable bonds is 12. The van der Waals surface area contributed by atoms with E-state index in [1.165, 1.54) is 11.8 Å². The van der Waals surface area contributed by atoms with E-state index in [-0.39, 0.29) is 18.8 Å². The molecule has 0 bridgehead atoms. The third-order valence-electron chi connectivity index (χ3n) is 7.18. The van der Waals surface area contributed by atoms with Gasteiger partial charge in [0.15, 0.2) is 11.6 Å². The van der Waals surface area contributed by atoms with Gasteiger partial charge in [0, 0.05) is 28.6 Å². The number of nitrogens with one attached hydrogen (secondary N) is 2. The molecule has 4 rings (SSSR count). The average Bonchev–Trinajstić information content (AvgIpc) is 3.35. The smallest absolute Gasteiger partial charge is 0.305 e. The number of carbonyl (C=O) groups is 5. The van der Waals surface area contributed by atoms with Crippen molar-refractivity contribution in [3.63, 3.8) is 0 Å². The normalized spacial score (nSPS) is 16.5. The predicted molar refractivity (Wildman–Crippen MR) is 159 cm³/mol. The van der Waals surface area contributed by atoms with Crippen molar-refractivity contribution in [2.24, 2.45) is 0 Å². The first kappa shape index (κ1) is 32.6. The van der Waals surface area contributed by atoms with E-state index >= 15 is 0 Å². The van der Waals surface area contributed by atoms with Gasteiger partial charge in [0.25, 0.3) is 5.91 Å². The van der Waals surface area contributed by atoms with E-state index in [0.29, 0.717) is 40.4 Å². The average molecular weight is 645 g/mol. The zero-order valence-electron chi connectivity index (χ0n) is 23.8. The van der Waals surface area contributed by atoms with E-state index < -0.39 is 60.6 Å². The minimum absolute atomic E-state index is 0.149. The Morgan fingerprint density at radius 2 is 1.75 bits per heavy atom. The second-order valence-electron chi connectivity index (χ2n) is 10.3. The van der Waals surface area contributed by atoms with Gasteiger partial charge in [-0.25, -0.2) is 0 Å². The molecule has 3 atom stereocenters. The number of amides is 3. The summed E-state index contributed by atoms with van der Waals surface area (Å²) in [5.41, 5.74) is 0.982. The Balaban J connectivity index is 1.40. The summed E-state index contributed by atoms with van der Waals surface area (Å²) in [6.45, 7) is 1.28. The molecule has 0 aliphatic carbocycles. The summed E-state index contributed by atoms with van der Waals surface area (Å²) in [6.07, 6.45) is 1.09. The molecule has 13 nitrogen and oxygen atoms in total. The van der Waals surface area contributed by atoms with Crippen molar-refractivity contribution in [2.45, 2.75) is 63.7 Å². The summed E-state index contributed by atoms with van der Waals surface area (Å²) in [7, 11) is 0. The highest BCUT2D eigenvalue weighted by Crippen LogP contribution is 2.25. The van der Waals surface area contributed by atoms with Crippen molar-refractivity contribution in [1.29, 1.82) is 0 Å². The Labute approximate surface area is 262 Å². The summed E-state index contributed by atoms with van der Waals surface area (Å²) in [4.78, 5) is 66.4. The maximum Gasteiger partial charge on any atom is 0.305 e. The van der Waals surface area contributed by atoms with E-state index in [1.54, 1.807) is 48.5 Å². The van der Waals surface area contributed by atoms with Crippen LogP contribution in [0.4, 0.5) is 0 Å². The molecule has 1 aliphatic rings. The molecule has 3 aromatic rings. The fourth-order valence-electron chi connectivity index (χ4n) is 4.79. The lowest BCUT2D eigenvalue weighted by atomic mass is 10.1. The number of benzene rings is 2. The number of Topliss-reactive ketones (excluding diaryl/α,β-unsaturated/α-hetero) is 1. The van der Waals surface area contributed by atoms with Gasteiger partial charge in [-0.05, 0) is 61.2 Å². The van der Waals surface area contributed by atoms with Crippen LogP contribution in [0.5, 0.6) is 0 Å². The van der Waals surface area contributed by atoms with Gasteiger partial charge in [-0.3, -0.25) is 24.0 Å². The minimum atomic E-state index is -1.43. The first-order chi connectivity index (χ1) is 21.0. The fourth-order valence-corrected chi connectivity index (χ4v) is 5.32. The van der Waals surface area contributed by atoms with E-state index in [9.17, 15) is 29.1 Å². The van der Waals surface area contributed by atoms with Crippen molar-refractivity contribution in [1.82, 2.24) is 35.7 Å². The zero-order valence-corrected chi connectivity index (χ0v) is 25.3. The molecule has 0 spiro atoms. The third-order valence-corrected chi connectivity index (χ3v) is 7.89. The SMILES string of the molecule is CC(C(=O)NC(CC(=O)O)C(=O)Cn1nnc(Cc2c(Cl)cccc2Cl)n1)N1CCCC[C@H](NC(=O)c2ccccc2)C1=O. The maximum atomic E-state index is 13.4. The van der Waals surface area contributed by atoms with Crippen LogP contribution in [0.1, 0.15) is 54.4 Å². The lowest BCUT2D eigenvalue weighted by Gasteiger charge is -2.30. The van der Waals surface area contributed by atoms with Crippen LogP contribution in [-0.4, -0.2) is 84.4 Å². The number of carboxylic acids is 1. The summed E-state index contributed by atoms with van der Waals surface area (Å²) in [5.74, 6) is -3.32. The number of hydrogen-bond donors (Lipinski definition) is 3. The van der Waals surface area contributed by atoms with E-state index in [1.807, 2.05) is 0 Å². The van der Waals surface area contributed by atoms with Gasteiger partial charge in [0.05, 0.1) is 6.42 Å². The Kier molecular flexibility index (Phi) is 11.0. The molecule has 232 valence electrons. The quantitative estimate of drug-likeness (QED) is 0.267. The van der Waals surface area contributed by atoms with E-state index in [2.05, 4.69) is 26.0 Å². The van der Waals surface area contributed by atoms with Gasteiger partial charge >= 0.3 is 5.97 Å². The standard InChI is InChI=1S/C29H31Cl2N7O6/c1-17(37-13-6-5-12-22(29(37)44)32-28(43)18-8-3-2-4-9-18)27(42)33-23(15-26(40)41)24(39)16-38-35-25(34-36-38)14-19-20(30)10-7-11-21(19)31/h2-4,7-11,17,22-23H,5-6,12-16H2,1H3,(H,32,43)(H,33,42)(H,40,41)/t17?,22-,23?/m0/s1. The molecule has 3 amide bonds. The van der Waals surface area contributed by atoms with Gasteiger partial charge in [-0.15, -0.1) is 10.2 Å². The van der Waals surface area contributed by atoms with Gasteiger partial charge < -0.3 is 20.6 Å². The molecule has 1 aliphatic heterocycles. The van der Waals surface area contributed by atoms with Crippen LogP contribution in [0.15, 0.2) is 48.5 Å². The lowest BCUT2D eigenvalue weighted by Crippen LogP contribution is -2.56. The van der Waals surface area contributed by atoms with Crippen LogP contribution in [0.3, 0.4) is 0 Å². The monoisotopic (exact) mass is 643 g/mol. The molecule has 2 heterocycles. The number of tetrazole rings is 1. The molecule has 2 aromatic carbocycles. The second-order valence-corrected chi connectivity index (χ2v) is 11.1. The Morgan fingerprint density at radius 3 is 2.43 bits per heavy atom. The number of hydrogen-bond acceptors (Lipinski definition) is 8. The highest BCUT2D eigenvalue weighted by Gasteiger charge is 2.35. The molecular formula is C29H31Cl2N7O6. The molecule has 1 aromatic heterocycles. The van der Waals surface area contributed by atoms with Crippen LogP contribution in [0.25, 0.3) is 0 Å². The Hall–Kier alpha value is -4.36. The summed E-state index contributed by atoms with van der Waals surface area (Å²) >= 11 is 12.4. The largest absolute Gasteiger partial charge is 0.481 e. The number of aromatic nitrogens is 4. The van der Waals surface area contributed by atoms with Crippen LogP contribution in [0.2, 0.25) is 10.0 Å². The number of carboxylic acid groups (broad SMARTS) is 1. The number of aliphatic carboxylic acids is 1. The van der Waals surface area contributed by atoms with Crippen molar-refractivity contribution in [3.05, 3.63) is 75.5 Å². The number of likely N-dealkylation sites (tertiary alicyclic amines) is 1. The Morgan fingerprint density at radius 1 is 1.05 bits per heavy atom. The highest BCUT2D eigenvalue weighted by molar-refractivity contribution is 6.36. The van der Waals surface area contributed by atoms with Crippen molar-refractivity contribution >= 4 is 52.7 Å². The molecule has 0 radical (unpaired) electrons. The van der Waals surface area contributed by atoms with Gasteiger partial charge in [-0.1, -0.05) is 47.5 Å². The number of carbonyl (C=O) groups excluding carboxylic acids is 4. The topological polar surface area (TPSA) is 176 Å². The fraction of sp³-hybridized carbons (Fsp3) is 0.379. The first-order valence-corrected chi connectivity index (χ1v) is 14.7. The van der Waals surface area contributed by atoms with Crippen molar-refractivity contribution in [3.8, 4) is 0 Å². The van der Waals surface area contributed by atoms with Crippen molar-refractivity contribution < 1.29 is 29.1 Å². The van der Waals surface area contributed by atoms with Gasteiger partial charge in [0.1, 0.15) is 24.7 Å². The summed E-state index contributed by atoms with van der Waals surface area (Å²) < 4.78 is 0. The molecule has 1 saturated heterocycles. The highest BCUT2D eigenvalue weighted by atomic mass is 35.5. The van der Waals surface area contributed by atoms with Crippen molar-refractivity contribution in [2.75, 3.05) is 6.54 Å². The van der Waals surface area contributed by atoms with E-state index in [0.717, 1.165) is 4.80 Å². The second kappa shape index (κ2) is 14.9. The number of halogens is 2. The van der Waals surface area contributed by atoms with Gasteiger partial charge in [0.2, 0.25) is 11.8 Å². The number of nitrogens with zero attached hydrogens (tertiary/aromatic N) is 5. The molecule has 3 N–H and O–H groups in total. The lowest BCUT2D eigenvalue weighted by molar-refractivity contribution is -0.143. The maximum absolute atomic E-state index is 13.4.